The lowest BCUT2D eigenvalue weighted by molar-refractivity contribution is 0.0955. The highest BCUT2D eigenvalue weighted by atomic mass is 32.2. The van der Waals surface area contributed by atoms with Crippen LogP contribution in [-0.4, -0.2) is 40.0 Å². The standard InChI is InChI=1S/C17H29N3O3S2/c1-2-10-18-11-12-19-17(21)16-15(9-13-24-16)25(22,23)20-14-7-5-3-4-6-8-14/h9,13-14,18,20H,2-8,10-12H2,1H3,(H,19,21). The predicted octanol–water partition coefficient (Wildman–Crippen LogP) is 2.48. The van der Waals surface area contributed by atoms with Gasteiger partial charge in [-0.25, -0.2) is 13.1 Å². The minimum atomic E-state index is -3.66. The first-order chi connectivity index (χ1) is 12.0. The van der Waals surface area contributed by atoms with Gasteiger partial charge in [0.2, 0.25) is 10.0 Å². The molecule has 1 aliphatic rings. The second-order valence-corrected chi connectivity index (χ2v) is 9.03. The number of rotatable bonds is 9. The molecule has 1 heterocycles. The molecule has 1 saturated carbocycles. The zero-order chi connectivity index (χ0) is 18.1. The summed E-state index contributed by atoms with van der Waals surface area (Å²) < 4.78 is 28.2. The van der Waals surface area contributed by atoms with E-state index in [1.54, 1.807) is 5.38 Å². The van der Waals surface area contributed by atoms with Crippen molar-refractivity contribution in [3.05, 3.63) is 16.3 Å². The second-order valence-electron chi connectivity index (χ2n) is 6.43. The van der Waals surface area contributed by atoms with Crippen molar-refractivity contribution in [2.75, 3.05) is 19.6 Å². The van der Waals surface area contributed by atoms with E-state index in [0.717, 1.165) is 51.5 Å². The lowest BCUT2D eigenvalue weighted by Crippen LogP contribution is -2.36. The van der Waals surface area contributed by atoms with Gasteiger partial charge in [-0.2, -0.15) is 0 Å². The molecule has 2 rings (SSSR count). The van der Waals surface area contributed by atoms with Crippen LogP contribution in [0.3, 0.4) is 0 Å². The summed E-state index contributed by atoms with van der Waals surface area (Å²) in [7, 11) is -3.66. The Bertz CT molecular complexity index is 635. The van der Waals surface area contributed by atoms with E-state index in [-0.39, 0.29) is 21.7 Å². The number of carbonyl (C=O) groups excluding carboxylic acids is 1. The van der Waals surface area contributed by atoms with Gasteiger partial charge in [0.15, 0.2) is 0 Å². The van der Waals surface area contributed by atoms with Gasteiger partial charge in [-0.3, -0.25) is 4.79 Å². The van der Waals surface area contributed by atoms with Gasteiger partial charge in [0.05, 0.1) is 0 Å². The summed E-state index contributed by atoms with van der Waals surface area (Å²) in [6, 6.07) is 1.50. The Labute approximate surface area is 154 Å². The Kier molecular flexibility index (Phi) is 8.35. The van der Waals surface area contributed by atoms with Crippen molar-refractivity contribution in [3.8, 4) is 0 Å². The molecule has 0 radical (unpaired) electrons. The molecule has 1 aromatic heterocycles. The Morgan fingerprint density at radius 2 is 1.88 bits per heavy atom. The molecule has 0 spiro atoms. The molecule has 8 heteroatoms. The molecule has 25 heavy (non-hydrogen) atoms. The first-order valence-corrected chi connectivity index (χ1v) is 11.5. The normalized spacial score (nSPS) is 16.5. The first kappa shape index (κ1) is 20.4. The van der Waals surface area contributed by atoms with Gasteiger partial charge in [-0.15, -0.1) is 11.3 Å². The van der Waals surface area contributed by atoms with Crippen LogP contribution in [0.5, 0.6) is 0 Å². The lowest BCUT2D eigenvalue weighted by Gasteiger charge is -2.16. The maximum atomic E-state index is 12.7. The Hall–Kier alpha value is -0.960. The minimum Gasteiger partial charge on any atom is -0.350 e. The fraction of sp³-hybridized carbons (Fsp3) is 0.706. The molecule has 0 atom stereocenters. The number of carbonyl (C=O) groups is 1. The highest BCUT2D eigenvalue weighted by Crippen LogP contribution is 2.24. The highest BCUT2D eigenvalue weighted by Gasteiger charge is 2.26. The summed E-state index contributed by atoms with van der Waals surface area (Å²) >= 11 is 1.17. The van der Waals surface area contributed by atoms with E-state index < -0.39 is 10.0 Å². The van der Waals surface area contributed by atoms with Crippen LogP contribution in [0, 0.1) is 0 Å². The largest absolute Gasteiger partial charge is 0.350 e. The van der Waals surface area contributed by atoms with E-state index >= 15 is 0 Å². The number of hydrogen-bond donors (Lipinski definition) is 3. The van der Waals surface area contributed by atoms with E-state index in [4.69, 9.17) is 0 Å². The van der Waals surface area contributed by atoms with Crippen LogP contribution in [-0.2, 0) is 10.0 Å². The molecule has 1 aromatic rings. The number of hydrogen-bond acceptors (Lipinski definition) is 5. The van der Waals surface area contributed by atoms with Gasteiger partial charge < -0.3 is 10.6 Å². The smallest absolute Gasteiger partial charge is 0.262 e. The van der Waals surface area contributed by atoms with E-state index in [1.807, 2.05) is 0 Å². The third-order valence-corrected chi connectivity index (χ3v) is 6.92. The van der Waals surface area contributed by atoms with Crippen molar-refractivity contribution >= 4 is 27.3 Å². The SMILES string of the molecule is CCCNCCNC(=O)c1sccc1S(=O)(=O)NC1CCCCCC1. The molecule has 0 unspecified atom stereocenters. The molecule has 3 N–H and O–H groups in total. The lowest BCUT2D eigenvalue weighted by atomic mass is 10.1. The second kappa shape index (κ2) is 10.3. The molecule has 0 aromatic carbocycles. The van der Waals surface area contributed by atoms with Gasteiger partial charge in [0.1, 0.15) is 9.77 Å². The summed E-state index contributed by atoms with van der Waals surface area (Å²) in [5.74, 6) is -0.325. The van der Waals surface area contributed by atoms with Crippen LogP contribution in [0.2, 0.25) is 0 Å². The Morgan fingerprint density at radius 3 is 2.56 bits per heavy atom. The molecule has 6 nitrogen and oxygen atoms in total. The number of nitrogens with one attached hydrogen (secondary N) is 3. The number of amides is 1. The Morgan fingerprint density at radius 1 is 1.16 bits per heavy atom. The zero-order valence-corrected chi connectivity index (χ0v) is 16.5. The van der Waals surface area contributed by atoms with Crippen LogP contribution < -0.4 is 15.4 Å². The zero-order valence-electron chi connectivity index (χ0n) is 14.8. The molecule has 0 bridgehead atoms. The maximum absolute atomic E-state index is 12.7. The van der Waals surface area contributed by atoms with E-state index in [2.05, 4.69) is 22.3 Å². The van der Waals surface area contributed by atoms with Gasteiger partial charge >= 0.3 is 0 Å². The first-order valence-electron chi connectivity index (χ1n) is 9.13. The number of thiophene rings is 1. The van der Waals surface area contributed by atoms with Crippen molar-refractivity contribution in [1.29, 1.82) is 0 Å². The van der Waals surface area contributed by atoms with Gasteiger partial charge in [0, 0.05) is 19.1 Å². The average Bonchev–Trinajstić information content (AvgIpc) is 2.95. The van der Waals surface area contributed by atoms with Crippen molar-refractivity contribution in [1.82, 2.24) is 15.4 Å². The van der Waals surface area contributed by atoms with E-state index in [9.17, 15) is 13.2 Å². The van der Waals surface area contributed by atoms with Crippen LogP contribution in [0.1, 0.15) is 61.5 Å². The third kappa shape index (κ3) is 6.36. The summed E-state index contributed by atoms with van der Waals surface area (Å²) in [6.45, 7) is 4.13. The summed E-state index contributed by atoms with van der Waals surface area (Å²) in [6.07, 6.45) is 7.20. The maximum Gasteiger partial charge on any atom is 0.262 e. The van der Waals surface area contributed by atoms with Gasteiger partial charge in [0.25, 0.3) is 5.91 Å². The molecule has 1 fully saturated rings. The predicted molar refractivity (Wildman–Crippen MR) is 102 cm³/mol. The molecule has 0 saturated heterocycles. The Balaban J connectivity index is 1.97. The van der Waals surface area contributed by atoms with Crippen LogP contribution in [0.25, 0.3) is 0 Å². The van der Waals surface area contributed by atoms with Gasteiger partial charge in [-0.05, 0) is 37.3 Å². The summed E-state index contributed by atoms with van der Waals surface area (Å²) in [5, 5.41) is 7.64. The molecular formula is C17H29N3O3S2. The van der Waals surface area contributed by atoms with Crippen LogP contribution in [0.15, 0.2) is 16.3 Å². The molecule has 0 aliphatic heterocycles. The topological polar surface area (TPSA) is 87.3 Å². The minimum absolute atomic E-state index is 0.0263. The molecule has 1 amide bonds. The van der Waals surface area contributed by atoms with Crippen LogP contribution >= 0.6 is 11.3 Å². The van der Waals surface area contributed by atoms with Crippen molar-refractivity contribution in [2.45, 2.75) is 62.8 Å². The summed E-state index contributed by atoms with van der Waals surface area (Å²) in [5.41, 5.74) is 0. The fourth-order valence-corrected chi connectivity index (χ4v) is 5.65. The number of sulfonamides is 1. The fourth-order valence-electron chi connectivity index (χ4n) is 3.00. The highest BCUT2D eigenvalue weighted by molar-refractivity contribution is 7.89. The van der Waals surface area contributed by atoms with Crippen molar-refractivity contribution < 1.29 is 13.2 Å². The van der Waals surface area contributed by atoms with E-state index in [1.165, 1.54) is 17.4 Å². The van der Waals surface area contributed by atoms with E-state index in [0.29, 0.717) is 13.1 Å². The van der Waals surface area contributed by atoms with Crippen LogP contribution in [0.4, 0.5) is 0 Å². The van der Waals surface area contributed by atoms with Crippen molar-refractivity contribution in [3.63, 3.8) is 0 Å². The molecule has 1 aliphatic carbocycles. The van der Waals surface area contributed by atoms with Gasteiger partial charge in [-0.1, -0.05) is 32.6 Å². The monoisotopic (exact) mass is 387 g/mol. The van der Waals surface area contributed by atoms with Crippen molar-refractivity contribution in [2.24, 2.45) is 0 Å². The molecule has 142 valence electrons. The average molecular weight is 388 g/mol. The summed E-state index contributed by atoms with van der Waals surface area (Å²) in [4.78, 5) is 12.7. The quantitative estimate of drug-likeness (QED) is 0.449. The molecular weight excluding hydrogens is 358 g/mol. The third-order valence-electron chi connectivity index (χ3n) is 4.32.